The van der Waals surface area contributed by atoms with E-state index < -0.39 is 30.8 Å². The van der Waals surface area contributed by atoms with E-state index in [1.54, 1.807) is 11.4 Å². The van der Waals surface area contributed by atoms with Crippen LogP contribution in [-0.2, 0) is 16.8 Å². The van der Waals surface area contributed by atoms with E-state index in [1.807, 2.05) is 0 Å². The molecule has 0 unspecified atom stereocenters. The second-order valence-electron chi connectivity index (χ2n) is 1.90. The van der Waals surface area contributed by atoms with Gasteiger partial charge in [0.15, 0.2) is 0 Å². The fourth-order valence-corrected chi connectivity index (χ4v) is 12.6. The zero-order valence-electron chi connectivity index (χ0n) is 5.70. The molecule has 2 radical (unpaired) electrons. The molecular formula is C4H9O2PPbS2. The van der Waals surface area contributed by atoms with Crippen molar-refractivity contribution in [2.75, 3.05) is 5.75 Å². The van der Waals surface area contributed by atoms with Gasteiger partial charge in [-0.15, -0.1) is 0 Å². The molecule has 1 aliphatic heterocycles. The molecule has 0 spiro atoms. The number of hydrogen-bond donors (Lipinski definition) is 0. The fourth-order valence-electron chi connectivity index (χ4n) is 0.472. The molecule has 0 N–H and O–H groups in total. The van der Waals surface area contributed by atoms with E-state index in [-0.39, 0.29) is 0 Å². The molecule has 0 amide bonds. The van der Waals surface area contributed by atoms with Crippen LogP contribution in [0.5, 0.6) is 0 Å². The van der Waals surface area contributed by atoms with Gasteiger partial charge < -0.3 is 0 Å². The minimum absolute atomic E-state index is 1.02. The van der Waals surface area contributed by atoms with Gasteiger partial charge in [0, 0.05) is 0 Å². The van der Waals surface area contributed by atoms with Gasteiger partial charge in [0.2, 0.25) is 0 Å². The first-order valence-electron chi connectivity index (χ1n) is 3.13. The number of unbranched alkanes of at least 4 members (excludes halogenated alkanes) is 1. The maximum absolute atomic E-state index is 5.33. The predicted molar refractivity (Wildman–Crippen MR) is 49.6 cm³/mol. The molecule has 0 bridgehead atoms. The quantitative estimate of drug-likeness (QED) is 0.416. The average molecular weight is 391 g/mol. The van der Waals surface area contributed by atoms with E-state index in [2.05, 4.69) is 6.92 Å². The molecule has 0 saturated carbocycles. The van der Waals surface area contributed by atoms with E-state index in [1.165, 1.54) is 12.8 Å². The Labute approximate surface area is 83.9 Å². The Balaban J connectivity index is 2.07. The standard InChI is InChI=1S/C4H11O2PS2.Pb/c1-2-3-4-9-7(5,6)8;/h2-4H2,1H3,(H2,5,6,8);/q;+2/p-2. The minimum atomic E-state index is -1.69. The Hall–Kier alpha value is 1.84. The molecule has 0 aliphatic carbocycles. The van der Waals surface area contributed by atoms with Gasteiger partial charge in [-0.05, 0) is 0 Å². The third-order valence-electron chi connectivity index (χ3n) is 1.05. The van der Waals surface area contributed by atoms with Gasteiger partial charge in [0.25, 0.3) is 0 Å². The van der Waals surface area contributed by atoms with Crippen molar-refractivity contribution in [2.24, 2.45) is 0 Å². The van der Waals surface area contributed by atoms with E-state index in [0.29, 0.717) is 0 Å². The van der Waals surface area contributed by atoms with Crippen LogP contribution in [0.2, 0.25) is 0 Å². The summed E-state index contributed by atoms with van der Waals surface area (Å²) in [6.07, 6.45) is 2.45. The molecular weight excluding hydrogens is 382 g/mol. The third kappa shape index (κ3) is 3.07. The van der Waals surface area contributed by atoms with Crippen molar-refractivity contribution in [3.05, 3.63) is 0 Å². The van der Waals surface area contributed by atoms with Gasteiger partial charge in [-0.1, -0.05) is 0 Å². The second kappa shape index (κ2) is 4.77. The second-order valence-corrected chi connectivity index (χ2v) is 13.1. The van der Waals surface area contributed by atoms with Crippen LogP contribution < -0.4 is 0 Å². The molecule has 1 aliphatic rings. The van der Waals surface area contributed by atoms with Gasteiger partial charge in [0.05, 0.1) is 0 Å². The molecule has 0 atom stereocenters. The molecule has 58 valence electrons. The van der Waals surface area contributed by atoms with E-state index in [9.17, 15) is 0 Å². The van der Waals surface area contributed by atoms with Crippen LogP contribution in [0.1, 0.15) is 19.8 Å². The van der Waals surface area contributed by atoms with Gasteiger partial charge >= 0.3 is 84.5 Å². The first kappa shape index (κ1) is 9.93. The van der Waals surface area contributed by atoms with Crippen molar-refractivity contribution in [1.82, 2.24) is 0 Å². The monoisotopic (exact) mass is 392 g/mol. The van der Waals surface area contributed by atoms with Crippen molar-refractivity contribution >= 4 is 54.0 Å². The summed E-state index contributed by atoms with van der Waals surface area (Å²) >= 11 is 5.83. The summed E-state index contributed by atoms with van der Waals surface area (Å²) < 4.78 is 10.7. The Morgan fingerprint density at radius 1 is 1.60 bits per heavy atom. The molecule has 0 aromatic rings. The Morgan fingerprint density at radius 2 is 2.30 bits per heavy atom. The summed E-state index contributed by atoms with van der Waals surface area (Å²) in [5, 5.41) is 0. The summed E-state index contributed by atoms with van der Waals surface area (Å²) in [7, 11) is 0. The molecule has 0 aromatic heterocycles. The zero-order valence-corrected chi connectivity index (χ0v) is 12.1. The topological polar surface area (TPSA) is 18.5 Å². The predicted octanol–water partition coefficient (Wildman–Crippen LogP) is 2.33. The molecule has 6 heteroatoms. The third-order valence-corrected chi connectivity index (χ3v) is 19.7. The van der Waals surface area contributed by atoms with Crippen molar-refractivity contribution < 1.29 is 4.95 Å². The van der Waals surface area contributed by atoms with Crippen LogP contribution in [0.4, 0.5) is 0 Å². The summed E-state index contributed by atoms with van der Waals surface area (Å²) in [6.45, 7) is 2.18. The van der Waals surface area contributed by atoms with Crippen molar-refractivity contribution in [1.29, 1.82) is 0 Å². The SMILES string of the molecule is CCCCSP1(=S)[O][Pb][O]1. The van der Waals surface area contributed by atoms with Crippen LogP contribution in [0, 0.1) is 0 Å². The van der Waals surface area contributed by atoms with Crippen molar-refractivity contribution in [3.8, 4) is 0 Å². The van der Waals surface area contributed by atoms with Crippen LogP contribution in [-0.4, -0.2) is 30.9 Å². The first-order chi connectivity index (χ1) is 4.77. The molecule has 1 heterocycles. The van der Waals surface area contributed by atoms with E-state index >= 15 is 0 Å². The molecule has 1 rings (SSSR count). The summed E-state index contributed by atoms with van der Waals surface area (Å²) in [5.41, 5.74) is -1.69. The van der Waals surface area contributed by atoms with E-state index in [4.69, 9.17) is 16.8 Å². The van der Waals surface area contributed by atoms with Crippen LogP contribution >= 0.6 is 17.1 Å². The van der Waals surface area contributed by atoms with Crippen molar-refractivity contribution in [2.45, 2.75) is 19.8 Å². The number of hydrogen-bond acceptors (Lipinski definition) is 4. The fraction of sp³-hybridized carbons (Fsp3) is 1.00. The normalized spacial score (nSPS) is 22.1. The maximum atomic E-state index is 5.33. The summed E-state index contributed by atoms with van der Waals surface area (Å²) in [6, 6.07) is 0. The average Bonchev–Trinajstić information content (AvgIpc) is 1.85. The van der Waals surface area contributed by atoms with Crippen LogP contribution in [0.3, 0.4) is 0 Å². The molecule has 10 heavy (non-hydrogen) atoms. The Morgan fingerprint density at radius 3 is 2.70 bits per heavy atom. The van der Waals surface area contributed by atoms with Gasteiger partial charge in [-0.3, -0.25) is 0 Å². The van der Waals surface area contributed by atoms with Gasteiger partial charge in [-0.2, -0.15) is 0 Å². The van der Waals surface area contributed by atoms with Crippen molar-refractivity contribution in [3.63, 3.8) is 0 Å². The first-order valence-corrected chi connectivity index (χ1v) is 10.5. The van der Waals surface area contributed by atoms with E-state index in [0.717, 1.165) is 5.75 Å². The molecule has 1 saturated heterocycles. The summed E-state index contributed by atoms with van der Waals surface area (Å²) in [4.78, 5) is 0. The molecule has 0 aromatic carbocycles. The summed E-state index contributed by atoms with van der Waals surface area (Å²) in [5.74, 6) is 1.11. The number of rotatable bonds is 4. The van der Waals surface area contributed by atoms with Gasteiger partial charge in [-0.25, -0.2) is 0 Å². The molecule has 2 nitrogen and oxygen atoms in total. The molecule has 1 fully saturated rings. The van der Waals surface area contributed by atoms with Crippen LogP contribution in [0.15, 0.2) is 0 Å². The zero-order chi connectivity index (χ0) is 7.45. The van der Waals surface area contributed by atoms with Gasteiger partial charge in [0.1, 0.15) is 0 Å². The Kier molecular flexibility index (Phi) is 4.73. The Bertz CT molecular complexity index is 146. The van der Waals surface area contributed by atoms with Crippen LogP contribution in [0.25, 0.3) is 0 Å².